The van der Waals surface area contributed by atoms with E-state index in [-0.39, 0.29) is 29.2 Å². The number of halogens is 3. The molecule has 208 valence electrons. The topological polar surface area (TPSA) is 93.6 Å². The van der Waals surface area contributed by atoms with Gasteiger partial charge in [-0.1, -0.05) is 0 Å². The summed E-state index contributed by atoms with van der Waals surface area (Å²) in [5, 5.41) is 2.30. The normalized spacial score (nSPS) is 11.6. The lowest BCUT2D eigenvalue weighted by atomic mass is 10.0. The Morgan fingerprint density at radius 1 is 0.923 bits per heavy atom. The van der Waals surface area contributed by atoms with Crippen LogP contribution >= 0.6 is 0 Å². The molecule has 11 heteroatoms. The molecule has 0 bridgehead atoms. The van der Waals surface area contributed by atoms with Crippen molar-refractivity contribution in [3.05, 3.63) is 77.0 Å². The maximum absolute atomic E-state index is 15.3. The Labute approximate surface area is 225 Å². The maximum atomic E-state index is 15.3. The van der Waals surface area contributed by atoms with Crippen LogP contribution in [0.3, 0.4) is 0 Å². The van der Waals surface area contributed by atoms with Crippen molar-refractivity contribution in [2.24, 2.45) is 0 Å². The molecule has 0 atom stereocenters. The van der Waals surface area contributed by atoms with Crippen LogP contribution in [0.25, 0.3) is 0 Å². The van der Waals surface area contributed by atoms with E-state index in [0.717, 1.165) is 17.0 Å². The SMILES string of the molecule is Cc1c(Cc2ccnc(NC(=O)OC(C)(C)C)c2F)cncc1N(C(=O)OC(C)(C)C)c1ccc(F)cc1F. The van der Waals surface area contributed by atoms with Crippen molar-refractivity contribution in [1.29, 1.82) is 0 Å². The highest BCUT2D eigenvalue weighted by Crippen LogP contribution is 2.34. The average molecular weight is 545 g/mol. The van der Waals surface area contributed by atoms with Crippen LogP contribution in [0.15, 0.2) is 42.9 Å². The summed E-state index contributed by atoms with van der Waals surface area (Å²) in [6.45, 7) is 11.6. The molecule has 8 nitrogen and oxygen atoms in total. The minimum absolute atomic E-state index is 0.00190. The molecule has 3 aromatic rings. The van der Waals surface area contributed by atoms with Crippen molar-refractivity contribution < 1.29 is 32.2 Å². The lowest BCUT2D eigenvalue weighted by molar-refractivity contribution is 0.0594. The van der Waals surface area contributed by atoms with Crippen molar-refractivity contribution in [2.75, 3.05) is 10.2 Å². The molecule has 0 spiro atoms. The van der Waals surface area contributed by atoms with Gasteiger partial charge < -0.3 is 9.47 Å². The third-order valence-corrected chi connectivity index (χ3v) is 5.23. The highest BCUT2D eigenvalue weighted by Gasteiger charge is 2.29. The van der Waals surface area contributed by atoms with Crippen molar-refractivity contribution in [2.45, 2.75) is 66.1 Å². The molecule has 0 aliphatic heterocycles. The first-order valence-corrected chi connectivity index (χ1v) is 12.1. The maximum Gasteiger partial charge on any atom is 0.419 e. The fraction of sp³-hybridized carbons (Fsp3) is 0.357. The molecule has 1 N–H and O–H groups in total. The molecule has 0 aliphatic rings. The number of aromatic nitrogens is 2. The smallest absolute Gasteiger partial charge is 0.419 e. The second-order valence-electron chi connectivity index (χ2n) is 10.8. The molecular weight excluding hydrogens is 513 g/mol. The van der Waals surface area contributed by atoms with Crippen LogP contribution in [0.2, 0.25) is 0 Å². The molecule has 3 rings (SSSR count). The Morgan fingerprint density at radius 2 is 1.59 bits per heavy atom. The summed E-state index contributed by atoms with van der Waals surface area (Å²) in [7, 11) is 0. The van der Waals surface area contributed by atoms with Gasteiger partial charge in [-0.15, -0.1) is 0 Å². The van der Waals surface area contributed by atoms with E-state index in [1.54, 1.807) is 48.5 Å². The summed E-state index contributed by atoms with van der Waals surface area (Å²) in [6, 6.07) is 4.24. The molecule has 0 fully saturated rings. The quantitative estimate of drug-likeness (QED) is 0.365. The Bertz CT molecular complexity index is 1380. The molecule has 2 amide bonds. The van der Waals surface area contributed by atoms with Gasteiger partial charge in [0.05, 0.1) is 17.6 Å². The number of carbonyl (C=O) groups excluding carboxylic acids is 2. The molecule has 0 radical (unpaired) electrons. The number of nitrogens with zero attached hydrogens (tertiary/aromatic N) is 3. The van der Waals surface area contributed by atoms with Crippen LogP contribution in [0.4, 0.5) is 40.0 Å². The number of hydrogen-bond donors (Lipinski definition) is 1. The van der Waals surface area contributed by atoms with Gasteiger partial charge in [0.15, 0.2) is 11.6 Å². The Morgan fingerprint density at radius 3 is 2.21 bits per heavy atom. The zero-order valence-electron chi connectivity index (χ0n) is 22.9. The van der Waals surface area contributed by atoms with E-state index in [4.69, 9.17) is 9.47 Å². The fourth-order valence-corrected chi connectivity index (χ4v) is 3.57. The second kappa shape index (κ2) is 11.3. The van der Waals surface area contributed by atoms with Crippen LogP contribution in [-0.4, -0.2) is 33.4 Å². The third-order valence-electron chi connectivity index (χ3n) is 5.23. The lowest BCUT2D eigenvalue weighted by Gasteiger charge is -2.29. The highest BCUT2D eigenvalue weighted by molar-refractivity contribution is 5.97. The van der Waals surface area contributed by atoms with Crippen molar-refractivity contribution in [1.82, 2.24) is 9.97 Å². The minimum Gasteiger partial charge on any atom is -0.444 e. The Kier molecular flexibility index (Phi) is 8.52. The van der Waals surface area contributed by atoms with Gasteiger partial charge in [-0.05, 0) is 83.4 Å². The van der Waals surface area contributed by atoms with Crippen molar-refractivity contribution in [3.63, 3.8) is 0 Å². The van der Waals surface area contributed by atoms with Gasteiger partial charge in [0, 0.05) is 24.9 Å². The van der Waals surface area contributed by atoms with Crippen LogP contribution in [-0.2, 0) is 15.9 Å². The van der Waals surface area contributed by atoms with E-state index in [0.29, 0.717) is 17.2 Å². The van der Waals surface area contributed by atoms with E-state index in [2.05, 4.69) is 15.3 Å². The number of carbonyl (C=O) groups is 2. The number of hydrogen-bond acceptors (Lipinski definition) is 6. The van der Waals surface area contributed by atoms with Gasteiger partial charge in [-0.3, -0.25) is 10.3 Å². The molecule has 0 unspecified atom stereocenters. The second-order valence-corrected chi connectivity index (χ2v) is 10.8. The zero-order chi connectivity index (χ0) is 29.1. The number of benzene rings is 1. The predicted octanol–water partition coefficient (Wildman–Crippen LogP) is 7.21. The Hall–Kier alpha value is -4.15. The standard InChI is InChI=1S/C28H31F3N4O4/c1-16-18(12-17-10-11-33-24(23(17)31)34-25(36)38-27(2,3)4)14-32-15-22(16)35(26(37)39-28(5,6)7)21-9-8-19(29)13-20(21)30/h8-11,13-15H,12H2,1-7H3,(H,33,34,36). The van der Waals surface area contributed by atoms with Gasteiger partial charge in [-0.25, -0.2) is 32.6 Å². The summed E-state index contributed by atoms with van der Waals surface area (Å²) in [5.74, 6) is -2.88. The molecular formula is C28H31F3N4O4. The first kappa shape index (κ1) is 29.4. The number of amides is 2. The molecule has 39 heavy (non-hydrogen) atoms. The van der Waals surface area contributed by atoms with Crippen molar-refractivity contribution >= 4 is 29.4 Å². The number of nitrogens with one attached hydrogen (secondary N) is 1. The zero-order valence-corrected chi connectivity index (χ0v) is 22.9. The van der Waals surface area contributed by atoms with Crippen LogP contribution in [0, 0.1) is 24.4 Å². The number of anilines is 3. The van der Waals surface area contributed by atoms with Crippen LogP contribution in [0.5, 0.6) is 0 Å². The summed E-state index contributed by atoms with van der Waals surface area (Å²) >= 11 is 0. The van der Waals surface area contributed by atoms with Crippen LogP contribution < -0.4 is 10.2 Å². The minimum atomic E-state index is -0.983. The molecule has 0 saturated heterocycles. The summed E-state index contributed by atoms with van der Waals surface area (Å²) in [6.07, 6.45) is 2.38. The van der Waals surface area contributed by atoms with E-state index in [1.807, 2.05) is 0 Å². The molecule has 2 heterocycles. The van der Waals surface area contributed by atoms with E-state index >= 15 is 4.39 Å². The molecule has 0 saturated carbocycles. The average Bonchev–Trinajstić information content (AvgIpc) is 2.78. The van der Waals surface area contributed by atoms with Gasteiger partial charge in [0.25, 0.3) is 0 Å². The lowest BCUT2D eigenvalue weighted by Crippen LogP contribution is -2.35. The summed E-state index contributed by atoms with van der Waals surface area (Å²) < 4.78 is 54.4. The van der Waals surface area contributed by atoms with E-state index < -0.39 is 40.8 Å². The summed E-state index contributed by atoms with van der Waals surface area (Å²) in [4.78, 5) is 34.4. The number of rotatable bonds is 5. The first-order chi connectivity index (χ1) is 18.1. The van der Waals surface area contributed by atoms with Crippen molar-refractivity contribution in [3.8, 4) is 0 Å². The van der Waals surface area contributed by atoms with Gasteiger partial charge in [0.2, 0.25) is 0 Å². The summed E-state index contributed by atoms with van der Waals surface area (Å²) in [5.41, 5.74) is -0.641. The molecule has 0 aliphatic carbocycles. The molecule has 1 aromatic carbocycles. The predicted molar refractivity (Wildman–Crippen MR) is 141 cm³/mol. The van der Waals surface area contributed by atoms with E-state index in [9.17, 15) is 18.4 Å². The van der Waals surface area contributed by atoms with Gasteiger partial charge >= 0.3 is 12.2 Å². The number of ether oxygens (including phenoxy) is 2. The first-order valence-electron chi connectivity index (χ1n) is 12.1. The van der Waals surface area contributed by atoms with Gasteiger partial charge in [-0.2, -0.15) is 0 Å². The highest BCUT2D eigenvalue weighted by atomic mass is 19.1. The molecule has 2 aromatic heterocycles. The monoisotopic (exact) mass is 544 g/mol. The van der Waals surface area contributed by atoms with Gasteiger partial charge in [0.1, 0.15) is 22.8 Å². The number of pyridine rings is 2. The van der Waals surface area contributed by atoms with Crippen LogP contribution in [0.1, 0.15) is 58.2 Å². The Balaban J connectivity index is 2.01. The fourth-order valence-electron chi connectivity index (χ4n) is 3.57. The van der Waals surface area contributed by atoms with E-state index in [1.165, 1.54) is 24.7 Å². The largest absolute Gasteiger partial charge is 0.444 e. The third kappa shape index (κ3) is 7.68.